The van der Waals surface area contributed by atoms with Gasteiger partial charge in [-0.1, -0.05) is 18.2 Å². The molecule has 0 aliphatic carbocycles. The van der Waals surface area contributed by atoms with Crippen molar-refractivity contribution in [3.63, 3.8) is 0 Å². The number of phenolic OH excluding ortho intramolecular Hbond substituents is 3. The Hall–Kier alpha value is -4.22. The standard InChI is InChI=1S/C14H9N3O9/c18-8-4-1-7(2-5-8)3-6-9-10(15(21)22)13(19)12(17(25)26)14(20)11(9)16(23)24/h1-6,18-20H. The minimum Gasteiger partial charge on any atom is -0.508 e. The summed E-state index contributed by atoms with van der Waals surface area (Å²) >= 11 is 0. The van der Waals surface area contributed by atoms with E-state index in [0.717, 1.165) is 6.08 Å². The summed E-state index contributed by atoms with van der Waals surface area (Å²) in [5.74, 6) is -3.08. The second-order valence-corrected chi connectivity index (χ2v) is 4.85. The molecule has 0 fully saturated rings. The van der Waals surface area contributed by atoms with Crippen molar-refractivity contribution in [1.82, 2.24) is 0 Å². The van der Waals surface area contributed by atoms with Gasteiger partial charge in [0.05, 0.1) is 14.8 Å². The quantitative estimate of drug-likeness (QED) is 0.407. The summed E-state index contributed by atoms with van der Waals surface area (Å²) in [6.07, 6.45) is 2.02. The minimum absolute atomic E-state index is 0.0651. The van der Waals surface area contributed by atoms with E-state index in [-0.39, 0.29) is 5.75 Å². The van der Waals surface area contributed by atoms with E-state index in [1.54, 1.807) is 0 Å². The summed E-state index contributed by atoms with van der Waals surface area (Å²) in [4.78, 5) is 29.5. The number of hydrogen-bond acceptors (Lipinski definition) is 9. The number of nitrogens with zero attached hydrogens (tertiary/aromatic N) is 3. The van der Waals surface area contributed by atoms with Gasteiger partial charge in [-0.25, -0.2) is 0 Å². The lowest BCUT2D eigenvalue weighted by Gasteiger charge is -2.05. The first-order valence-corrected chi connectivity index (χ1v) is 6.67. The normalized spacial score (nSPS) is 10.8. The van der Waals surface area contributed by atoms with Crippen LogP contribution in [0.25, 0.3) is 12.2 Å². The van der Waals surface area contributed by atoms with E-state index in [2.05, 4.69) is 0 Å². The first kappa shape index (κ1) is 18.1. The molecule has 2 aromatic rings. The molecule has 0 spiro atoms. The van der Waals surface area contributed by atoms with Crippen LogP contribution in [0.15, 0.2) is 24.3 Å². The van der Waals surface area contributed by atoms with Gasteiger partial charge in [-0.2, -0.15) is 0 Å². The number of hydrogen-bond donors (Lipinski definition) is 3. The summed E-state index contributed by atoms with van der Waals surface area (Å²) in [7, 11) is 0. The second kappa shape index (κ2) is 6.72. The van der Waals surface area contributed by atoms with Crippen LogP contribution in [-0.4, -0.2) is 30.1 Å². The lowest BCUT2D eigenvalue weighted by molar-refractivity contribution is -0.406. The first-order chi connectivity index (χ1) is 12.1. The van der Waals surface area contributed by atoms with Gasteiger partial charge in [-0.05, 0) is 23.8 Å². The highest BCUT2D eigenvalue weighted by atomic mass is 16.6. The number of phenols is 3. The maximum absolute atomic E-state index is 11.2. The fourth-order valence-corrected chi connectivity index (χ4v) is 2.17. The first-order valence-electron chi connectivity index (χ1n) is 6.67. The summed E-state index contributed by atoms with van der Waals surface area (Å²) < 4.78 is 0. The van der Waals surface area contributed by atoms with Crippen molar-refractivity contribution in [1.29, 1.82) is 0 Å². The minimum atomic E-state index is -1.54. The van der Waals surface area contributed by atoms with Gasteiger partial charge in [-0.3, -0.25) is 30.3 Å². The summed E-state index contributed by atoms with van der Waals surface area (Å²) in [5, 5.41) is 62.1. The molecule has 26 heavy (non-hydrogen) atoms. The van der Waals surface area contributed by atoms with Gasteiger partial charge in [0, 0.05) is 0 Å². The van der Waals surface area contributed by atoms with E-state index in [1.165, 1.54) is 30.3 Å². The van der Waals surface area contributed by atoms with Crippen LogP contribution in [-0.2, 0) is 0 Å². The molecule has 0 aromatic heterocycles. The van der Waals surface area contributed by atoms with Crippen LogP contribution in [0.2, 0.25) is 0 Å². The third-order valence-corrected chi connectivity index (χ3v) is 3.29. The average Bonchev–Trinajstić information content (AvgIpc) is 2.52. The third kappa shape index (κ3) is 3.19. The lowest BCUT2D eigenvalue weighted by atomic mass is 10.0. The van der Waals surface area contributed by atoms with Crippen LogP contribution >= 0.6 is 0 Å². The van der Waals surface area contributed by atoms with Gasteiger partial charge in [0.25, 0.3) is 11.5 Å². The van der Waals surface area contributed by atoms with Gasteiger partial charge in [0.2, 0.25) is 0 Å². The Morgan fingerprint density at radius 3 is 1.50 bits per heavy atom. The van der Waals surface area contributed by atoms with Crippen LogP contribution in [0.5, 0.6) is 17.2 Å². The number of rotatable bonds is 5. The SMILES string of the molecule is O=[N+]([O-])c1c(O)c([N+](=O)[O-])c(C=Cc2ccc(O)cc2)c([N+](=O)[O-])c1O. The van der Waals surface area contributed by atoms with Gasteiger partial charge in [0.15, 0.2) is 0 Å². The molecule has 0 aliphatic rings. The summed E-state index contributed by atoms with van der Waals surface area (Å²) in [5.41, 5.74) is -4.59. The molecule has 0 radical (unpaired) electrons. The Balaban J connectivity index is 2.81. The van der Waals surface area contributed by atoms with E-state index >= 15 is 0 Å². The molecular formula is C14H9N3O9. The van der Waals surface area contributed by atoms with Crippen molar-refractivity contribution < 1.29 is 30.1 Å². The molecule has 134 valence electrons. The number of nitro groups is 3. The van der Waals surface area contributed by atoms with Gasteiger partial charge in [-0.15, -0.1) is 0 Å². The van der Waals surface area contributed by atoms with Crippen molar-refractivity contribution in [3.8, 4) is 17.2 Å². The smallest absolute Gasteiger partial charge is 0.366 e. The molecule has 0 unspecified atom stereocenters. The highest BCUT2D eigenvalue weighted by molar-refractivity contribution is 5.88. The fourth-order valence-electron chi connectivity index (χ4n) is 2.17. The molecule has 0 saturated heterocycles. The summed E-state index contributed by atoms with van der Waals surface area (Å²) in [6, 6.07) is 5.34. The fraction of sp³-hybridized carbons (Fsp3) is 0. The monoisotopic (exact) mass is 363 g/mol. The molecule has 2 aromatic carbocycles. The second-order valence-electron chi connectivity index (χ2n) is 4.85. The molecule has 0 aliphatic heterocycles. The molecule has 0 bridgehead atoms. The topological polar surface area (TPSA) is 190 Å². The molecule has 2 rings (SSSR count). The zero-order chi connectivity index (χ0) is 19.6. The van der Waals surface area contributed by atoms with Crippen LogP contribution < -0.4 is 0 Å². The van der Waals surface area contributed by atoms with Gasteiger partial charge >= 0.3 is 17.1 Å². The number of nitro benzene ring substituents is 3. The van der Waals surface area contributed by atoms with Crippen molar-refractivity contribution >= 4 is 29.2 Å². The highest BCUT2D eigenvalue weighted by Crippen LogP contribution is 2.51. The summed E-state index contributed by atoms with van der Waals surface area (Å²) in [6.45, 7) is 0. The predicted molar refractivity (Wildman–Crippen MR) is 86.8 cm³/mol. The highest BCUT2D eigenvalue weighted by Gasteiger charge is 2.41. The number of aromatic hydroxyl groups is 3. The van der Waals surface area contributed by atoms with Crippen molar-refractivity contribution in [2.24, 2.45) is 0 Å². The lowest BCUT2D eigenvalue weighted by Crippen LogP contribution is -2.02. The Kier molecular flexibility index (Phi) is 4.68. The largest absolute Gasteiger partial charge is 0.508 e. The zero-order valence-electron chi connectivity index (χ0n) is 12.6. The van der Waals surface area contributed by atoms with Crippen LogP contribution in [0.4, 0.5) is 17.1 Å². The van der Waals surface area contributed by atoms with Gasteiger partial charge < -0.3 is 15.3 Å². The average molecular weight is 363 g/mol. The van der Waals surface area contributed by atoms with E-state index in [1.807, 2.05) is 0 Å². The van der Waals surface area contributed by atoms with Crippen LogP contribution in [0.1, 0.15) is 11.1 Å². The van der Waals surface area contributed by atoms with Crippen molar-refractivity contribution in [2.45, 2.75) is 0 Å². The molecule has 3 N–H and O–H groups in total. The van der Waals surface area contributed by atoms with Crippen LogP contribution in [0, 0.1) is 30.3 Å². The molecule has 12 nitrogen and oxygen atoms in total. The third-order valence-electron chi connectivity index (χ3n) is 3.29. The molecule has 12 heteroatoms. The maximum Gasteiger partial charge on any atom is 0.366 e. The predicted octanol–water partition coefficient (Wildman–Crippen LogP) is 2.70. The van der Waals surface area contributed by atoms with E-state index in [0.29, 0.717) is 5.56 Å². The van der Waals surface area contributed by atoms with E-state index in [9.17, 15) is 45.7 Å². The van der Waals surface area contributed by atoms with Crippen LogP contribution in [0.3, 0.4) is 0 Å². The van der Waals surface area contributed by atoms with Crippen molar-refractivity contribution in [2.75, 3.05) is 0 Å². The Labute approximate surface area is 143 Å². The maximum atomic E-state index is 11.2. The Bertz CT molecular complexity index is 910. The zero-order valence-corrected chi connectivity index (χ0v) is 12.6. The molecule has 0 saturated carbocycles. The van der Waals surface area contributed by atoms with Gasteiger partial charge in [0.1, 0.15) is 11.3 Å². The molecular weight excluding hydrogens is 354 g/mol. The van der Waals surface area contributed by atoms with E-state index < -0.39 is 48.9 Å². The Morgan fingerprint density at radius 2 is 1.12 bits per heavy atom. The van der Waals surface area contributed by atoms with Crippen molar-refractivity contribution in [3.05, 3.63) is 65.7 Å². The molecule has 0 heterocycles. The molecule has 0 atom stereocenters. The number of benzene rings is 2. The van der Waals surface area contributed by atoms with E-state index in [4.69, 9.17) is 0 Å². The molecule has 0 amide bonds. The Morgan fingerprint density at radius 1 is 0.692 bits per heavy atom.